The van der Waals surface area contributed by atoms with Crippen molar-refractivity contribution in [2.45, 2.75) is 29.4 Å². The lowest BCUT2D eigenvalue weighted by molar-refractivity contribution is -0.121. The lowest BCUT2D eigenvalue weighted by atomic mass is 9.89. The monoisotopic (exact) mass is 566 g/mol. The molecule has 0 saturated carbocycles. The second kappa shape index (κ2) is 10.7. The summed E-state index contributed by atoms with van der Waals surface area (Å²) < 4.78 is 0. The van der Waals surface area contributed by atoms with E-state index in [0.29, 0.717) is 15.7 Å². The van der Waals surface area contributed by atoms with Crippen molar-refractivity contribution in [3.05, 3.63) is 95.6 Å². The number of nitrogens with one attached hydrogen (secondary N) is 2. The normalized spacial score (nSPS) is 15.9. The van der Waals surface area contributed by atoms with E-state index in [4.69, 9.17) is 12.2 Å². The molecule has 6 nitrogen and oxygen atoms in total. The molecule has 4 aromatic rings. The second-order valence-electron chi connectivity index (χ2n) is 9.21. The second-order valence-corrected chi connectivity index (χ2v) is 11.9. The number of para-hydroxylation sites is 1. The van der Waals surface area contributed by atoms with Gasteiger partial charge in [0.1, 0.15) is 11.1 Å². The van der Waals surface area contributed by atoms with Crippen LogP contribution in [0.25, 0.3) is 10.4 Å². The van der Waals surface area contributed by atoms with Crippen molar-refractivity contribution in [3.63, 3.8) is 0 Å². The van der Waals surface area contributed by atoms with E-state index in [1.54, 1.807) is 0 Å². The van der Waals surface area contributed by atoms with Gasteiger partial charge in [0, 0.05) is 27.6 Å². The first kappa shape index (κ1) is 25.3. The first-order valence-corrected chi connectivity index (χ1v) is 14.5. The molecule has 1 aromatic heterocycles. The zero-order chi connectivity index (χ0) is 26.9. The van der Waals surface area contributed by atoms with Gasteiger partial charge in [-0.2, -0.15) is 5.26 Å². The van der Waals surface area contributed by atoms with Gasteiger partial charge in [-0.1, -0.05) is 42.5 Å². The van der Waals surface area contributed by atoms with Crippen molar-refractivity contribution < 1.29 is 9.59 Å². The minimum absolute atomic E-state index is 0.0958. The van der Waals surface area contributed by atoms with E-state index in [0.717, 1.165) is 45.1 Å². The summed E-state index contributed by atoms with van der Waals surface area (Å²) in [7, 11) is 0. The number of hydrogen-bond donors (Lipinski definition) is 2. The molecule has 1 saturated heterocycles. The molecule has 0 spiro atoms. The molecule has 2 amide bonds. The van der Waals surface area contributed by atoms with Crippen molar-refractivity contribution in [2.24, 2.45) is 0 Å². The van der Waals surface area contributed by atoms with Crippen LogP contribution in [0.2, 0.25) is 0 Å². The molecular weight excluding hydrogens is 545 g/mol. The molecule has 2 heterocycles. The third-order valence-corrected chi connectivity index (χ3v) is 9.39. The van der Waals surface area contributed by atoms with Crippen LogP contribution < -0.4 is 15.5 Å². The third kappa shape index (κ3) is 4.94. The molecule has 1 aliphatic carbocycles. The number of hydrogen-bond acceptors (Lipinski definition) is 6. The minimum atomic E-state index is -0.546. The smallest absolute Gasteiger partial charge is 0.248 e. The maximum atomic E-state index is 13.5. The Morgan fingerprint density at radius 1 is 0.949 bits per heavy atom. The highest BCUT2D eigenvalue weighted by Crippen LogP contribution is 2.48. The number of nitrogens with zero attached hydrogens (tertiary/aromatic N) is 2. The van der Waals surface area contributed by atoms with Gasteiger partial charge in [0.2, 0.25) is 11.8 Å². The Hall–Kier alpha value is -3.97. The zero-order valence-corrected chi connectivity index (χ0v) is 23.1. The molecule has 6 rings (SSSR count). The summed E-state index contributed by atoms with van der Waals surface area (Å²) >= 11 is 8.13. The topological polar surface area (TPSA) is 85.2 Å². The highest BCUT2D eigenvalue weighted by Gasteiger charge is 2.43. The van der Waals surface area contributed by atoms with Gasteiger partial charge in [-0.25, -0.2) is 4.90 Å². The minimum Gasteiger partial charge on any atom is -0.332 e. The summed E-state index contributed by atoms with van der Waals surface area (Å²) in [6.07, 6.45) is 1.66. The van der Waals surface area contributed by atoms with E-state index in [9.17, 15) is 14.9 Å². The fraction of sp³-hybridized carbons (Fsp3) is 0.133. The molecule has 1 aliphatic heterocycles. The molecule has 192 valence electrons. The van der Waals surface area contributed by atoms with Gasteiger partial charge in [-0.3, -0.25) is 9.59 Å². The predicted octanol–water partition coefficient (Wildman–Crippen LogP) is 6.62. The SMILES string of the molecule is N#Cc1c(N2C(=O)C[C@H](Sc3ccc(NC(=S)Nc4ccccc4)cc3)C2=O)sc2c1CCc1ccccc1-2. The van der Waals surface area contributed by atoms with Gasteiger partial charge in [-0.05, 0) is 78.1 Å². The fourth-order valence-electron chi connectivity index (χ4n) is 4.91. The largest absolute Gasteiger partial charge is 0.332 e. The number of aryl methyl sites for hydroxylation is 1. The highest BCUT2D eigenvalue weighted by atomic mass is 32.2. The standard InChI is InChI=1S/C30H22N4O2S3/c31-17-24-23-15-10-18-6-4-5-9-22(18)27(23)39-29(24)34-26(35)16-25(28(34)36)38-21-13-11-20(12-14-21)33-30(37)32-19-7-2-1-3-8-19/h1-9,11-14,25H,10,15-16H2,(H2,32,33,37)/t25-/m0/s1. The number of anilines is 3. The first-order chi connectivity index (χ1) is 19.0. The molecule has 3 aromatic carbocycles. The number of thioether (sulfide) groups is 1. The molecule has 1 atom stereocenters. The van der Waals surface area contributed by atoms with E-state index >= 15 is 0 Å². The molecule has 2 aliphatic rings. The number of benzene rings is 3. The van der Waals surface area contributed by atoms with Crippen LogP contribution in [0.15, 0.2) is 83.8 Å². The Balaban J connectivity index is 1.16. The Bertz CT molecular complexity index is 1640. The number of thiocarbonyl (C=S) groups is 1. The van der Waals surface area contributed by atoms with Crippen LogP contribution in [0, 0.1) is 11.3 Å². The summed E-state index contributed by atoms with van der Waals surface area (Å²) in [6, 6.07) is 27.7. The van der Waals surface area contributed by atoms with Crippen molar-refractivity contribution in [1.29, 1.82) is 5.26 Å². The summed E-state index contributed by atoms with van der Waals surface area (Å²) in [4.78, 5) is 29.7. The molecule has 9 heteroatoms. The number of carbonyl (C=O) groups excluding carboxylic acids is 2. The molecule has 1 fully saturated rings. The fourth-order valence-corrected chi connectivity index (χ4v) is 7.58. The molecule has 0 bridgehead atoms. The van der Waals surface area contributed by atoms with E-state index in [1.165, 1.54) is 33.6 Å². The number of amides is 2. The molecule has 0 unspecified atom stereocenters. The van der Waals surface area contributed by atoms with Gasteiger partial charge in [0.05, 0.1) is 10.8 Å². The summed E-state index contributed by atoms with van der Waals surface area (Å²) in [5.74, 6) is -0.541. The number of fused-ring (bicyclic) bond motifs is 3. The van der Waals surface area contributed by atoms with Gasteiger partial charge in [0.15, 0.2) is 5.11 Å². The molecule has 2 N–H and O–H groups in total. The predicted molar refractivity (Wildman–Crippen MR) is 161 cm³/mol. The van der Waals surface area contributed by atoms with Crippen LogP contribution in [-0.2, 0) is 22.4 Å². The van der Waals surface area contributed by atoms with Crippen molar-refractivity contribution >= 4 is 68.6 Å². The number of carbonyl (C=O) groups is 2. The van der Waals surface area contributed by atoms with Crippen molar-refractivity contribution in [2.75, 3.05) is 15.5 Å². The number of rotatable bonds is 5. The summed E-state index contributed by atoms with van der Waals surface area (Å²) in [6.45, 7) is 0. The molecule has 39 heavy (non-hydrogen) atoms. The average Bonchev–Trinajstić information content (AvgIpc) is 3.45. The Morgan fingerprint density at radius 2 is 1.64 bits per heavy atom. The molecule has 0 radical (unpaired) electrons. The van der Waals surface area contributed by atoms with Crippen LogP contribution in [0.5, 0.6) is 0 Å². The van der Waals surface area contributed by atoms with Crippen molar-refractivity contribution in [3.8, 4) is 16.5 Å². The van der Waals surface area contributed by atoms with E-state index in [2.05, 4.69) is 22.8 Å². The number of imide groups is 1. The maximum absolute atomic E-state index is 13.5. The Kier molecular flexibility index (Phi) is 6.92. The van der Waals surface area contributed by atoms with Crippen LogP contribution >= 0.6 is 35.3 Å². The lowest BCUT2D eigenvalue weighted by Gasteiger charge is -2.15. The Labute approximate surface area is 239 Å². The van der Waals surface area contributed by atoms with Gasteiger partial charge < -0.3 is 10.6 Å². The van der Waals surface area contributed by atoms with Gasteiger partial charge in [-0.15, -0.1) is 23.1 Å². The van der Waals surface area contributed by atoms with Crippen LogP contribution in [0.3, 0.4) is 0 Å². The van der Waals surface area contributed by atoms with Crippen LogP contribution in [-0.4, -0.2) is 22.2 Å². The first-order valence-electron chi connectivity index (χ1n) is 12.4. The highest BCUT2D eigenvalue weighted by molar-refractivity contribution is 8.00. The number of nitriles is 1. The van der Waals surface area contributed by atoms with Gasteiger partial charge >= 0.3 is 0 Å². The van der Waals surface area contributed by atoms with Crippen LogP contribution in [0.4, 0.5) is 16.4 Å². The summed E-state index contributed by atoms with van der Waals surface area (Å²) in [5, 5.41) is 16.7. The van der Waals surface area contributed by atoms with Gasteiger partial charge in [0.25, 0.3) is 0 Å². The summed E-state index contributed by atoms with van der Waals surface area (Å²) in [5.41, 5.74) is 5.41. The number of thiophene rings is 1. The quantitative estimate of drug-likeness (QED) is 0.207. The van der Waals surface area contributed by atoms with E-state index in [1.807, 2.05) is 72.8 Å². The van der Waals surface area contributed by atoms with E-state index < -0.39 is 5.25 Å². The Morgan fingerprint density at radius 3 is 2.38 bits per heavy atom. The third-order valence-electron chi connectivity index (χ3n) is 6.74. The maximum Gasteiger partial charge on any atom is 0.248 e. The zero-order valence-electron chi connectivity index (χ0n) is 20.6. The lowest BCUT2D eigenvalue weighted by Crippen LogP contribution is -2.31. The van der Waals surface area contributed by atoms with Crippen molar-refractivity contribution in [1.82, 2.24) is 0 Å². The average molecular weight is 567 g/mol. The molecular formula is C30H22N4O2S3. The van der Waals surface area contributed by atoms with E-state index in [-0.39, 0.29) is 18.2 Å². The van der Waals surface area contributed by atoms with Crippen LogP contribution in [0.1, 0.15) is 23.1 Å².